The van der Waals surface area contributed by atoms with Crippen LogP contribution < -0.4 is 0 Å². The molecule has 3 heteroatoms. The zero-order valence-electron chi connectivity index (χ0n) is 12.3. The van der Waals surface area contributed by atoms with Crippen molar-refractivity contribution in [2.45, 2.75) is 13.5 Å². The van der Waals surface area contributed by atoms with E-state index in [9.17, 15) is 4.79 Å². The molecule has 0 atom stereocenters. The van der Waals surface area contributed by atoms with Gasteiger partial charge in [0.05, 0.1) is 0 Å². The lowest BCUT2D eigenvalue weighted by molar-refractivity contribution is 0.0785. The maximum Gasteiger partial charge on any atom is 0.253 e. The molecule has 0 saturated heterocycles. The molecule has 1 N–H and O–H groups in total. The predicted molar refractivity (Wildman–Crippen MR) is 85.3 cm³/mol. The van der Waals surface area contributed by atoms with Gasteiger partial charge < -0.3 is 9.88 Å². The highest BCUT2D eigenvalue weighted by atomic mass is 16.2. The highest BCUT2D eigenvalue weighted by molar-refractivity contribution is 5.98. The van der Waals surface area contributed by atoms with Crippen LogP contribution in [0.15, 0.2) is 54.6 Å². The fourth-order valence-corrected chi connectivity index (χ4v) is 2.56. The Bertz CT molecular complexity index is 774. The van der Waals surface area contributed by atoms with Gasteiger partial charge in [0, 0.05) is 35.8 Å². The summed E-state index contributed by atoms with van der Waals surface area (Å²) in [5.41, 5.74) is 4.02. The molecule has 1 heterocycles. The molecular weight excluding hydrogens is 260 g/mol. The van der Waals surface area contributed by atoms with Gasteiger partial charge in [-0.3, -0.25) is 4.79 Å². The average molecular weight is 278 g/mol. The number of nitrogens with zero attached hydrogens (tertiary/aromatic N) is 1. The van der Waals surface area contributed by atoms with Crippen molar-refractivity contribution in [3.8, 4) is 0 Å². The summed E-state index contributed by atoms with van der Waals surface area (Å²) in [7, 11) is 1.84. The van der Waals surface area contributed by atoms with Crippen molar-refractivity contribution in [1.82, 2.24) is 9.88 Å². The van der Waals surface area contributed by atoms with Crippen LogP contribution in [0.2, 0.25) is 0 Å². The van der Waals surface area contributed by atoms with E-state index in [1.807, 2.05) is 62.5 Å². The van der Waals surface area contributed by atoms with Crippen molar-refractivity contribution in [3.05, 3.63) is 71.4 Å². The molecule has 0 spiro atoms. The van der Waals surface area contributed by atoms with Gasteiger partial charge in [0.2, 0.25) is 0 Å². The van der Waals surface area contributed by atoms with Gasteiger partial charge in [-0.15, -0.1) is 0 Å². The molecule has 106 valence electrons. The number of hydrogen-bond donors (Lipinski definition) is 1. The minimum Gasteiger partial charge on any atom is -0.359 e. The topological polar surface area (TPSA) is 36.1 Å². The summed E-state index contributed by atoms with van der Waals surface area (Å²) < 4.78 is 0. The maximum atomic E-state index is 12.5. The molecule has 3 rings (SSSR count). The Morgan fingerprint density at radius 3 is 2.62 bits per heavy atom. The molecule has 3 nitrogen and oxygen atoms in total. The van der Waals surface area contributed by atoms with E-state index in [-0.39, 0.29) is 5.91 Å². The van der Waals surface area contributed by atoms with E-state index in [4.69, 9.17) is 0 Å². The Morgan fingerprint density at radius 2 is 1.86 bits per heavy atom. The zero-order valence-corrected chi connectivity index (χ0v) is 12.3. The van der Waals surface area contributed by atoms with Crippen molar-refractivity contribution < 1.29 is 4.79 Å². The van der Waals surface area contributed by atoms with Crippen molar-refractivity contribution in [1.29, 1.82) is 0 Å². The molecule has 3 aromatic rings. The quantitative estimate of drug-likeness (QED) is 0.778. The molecule has 0 fully saturated rings. The van der Waals surface area contributed by atoms with Crippen molar-refractivity contribution >= 4 is 16.8 Å². The van der Waals surface area contributed by atoms with E-state index < -0.39 is 0 Å². The molecule has 1 aromatic heterocycles. The molecule has 0 saturated carbocycles. The fraction of sp³-hybridized carbons (Fsp3) is 0.167. The number of rotatable bonds is 3. The molecule has 0 unspecified atom stereocenters. The first-order valence-corrected chi connectivity index (χ1v) is 7.02. The Kier molecular flexibility index (Phi) is 3.48. The van der Waals surface area contributed by atoms with Crippen LogP contribution >= 0.6 is 0 Å². The van der Waals surface area contributed by atoms with Crippen molar-refractivity contribution in [2.75, 3.05) is 7.05 Å². The maximum absolute atomic E-state index is 12.5. The number of carbonyl (C=O) groups excluding carboxylic acids is 1. The van der Waals surface area contributed by atoms with Crippen LogP contribution in [0, 0.1) is 6.92 Å². The smallest absolute Gasteiger partial charge is 0.253 e. The Morgan fingerprint density at radius 1 is 1.10 bits per heavy atom. The summed E-state index contributed by atoms with van der Waals surface area (Å²) in [5.74, 6) is 0.0413. The molecule has 2 aromatic carbocycles. The average Bonchev–Trinajstić information content (AvgIpc) is 2.86. The Balaban J connectivity index is 1.82. The Labute approximate surface area is 124 Å². The van der Waals surface area contributed by atoms with Gasteiger partial charge in [-0.05, 0) is 36.8 Å². The zero-order chi connectivity index (χ0) is 14.8. The number of aromatic nitrogens is 1. The number of nitrogens with one attached hydrogen (secondary N) is 1. The summed E-state index contributed by atoms with van der Waals surface area (Å²) in [6, 6.07) is 17.9. The lowest BCUT2D eigenvalue weighted by Gasteiger charge is -2.17. The number of aromatic amines is 1. The minimum atomic E-state index is 0.0413. The third-order valence-electron chi connectivity index (χ3n) is 3.61. The van der Waals surface area contributed by atoms with Crippen molar-refractivity contribution in [3.63, 3.8) is 0 Å². The summed E-state index contributed by atoms with van der Waals surface area (Å²) in [5, 5.41) is 1.08. The number of H-pyrrole nitrogens is 1. The fourth-order valence-electron chi connectivity index (χ4n) is 2.56. The summed E-state index contributed by atoms with van der Waals surface area (Å²) >= 11 is 0. The summed E-state index contributed by atoms with van der Waals surface area (Å²) in [6.07, 6.45) is 0. The van der Waals surface area contributed by atoms with E-state index in [2.05, 4.69) is 11.1 Å². The first kappa shape index (κ1) is 13.4. The van der Waals surface area contributed by atoms with Gasteiger partial charge in [-0.25, -0.2) is 0 Å². The van der Waals surface area contributed by atoms with E-state index >= 15 is 0 Å². The lowest BCUT2D eigenvalue weighted by atomic mass is 10.1. The standard InChI is InChI=1S/C18H18N2O/c1-13-10-16-11-15(8-9-17(16)19-13)18(21)20(2)12-14-6-4-3-5-7-14/h3-11,19H,12H2,1-2H3. The molecule has 21 heavy (non-hydrogen) atoms. The number of amides is 1. The number of benzene rings is 2. The highest BCUT2D eigenvalue weighted by Gasteiger charge is 2.12. The molecular formula is C18H18N2O. The van der Waals surface area contributed by atoms with Crippen LogP contribution in [0.5, 0.6) is 0 Å². The van der Waals surface area contributed by atoms with E-state index in [0.717, 1.165) is 27.7 Å². The van der Waals surface area contributed by atoms with Crippen LogP contribution in [0.4, 0.5) is 0 Å². The number of carbonyl (C=O) groups is 1. The van der Waals surface area contributed by atoms with Crippen LogP contribution in [0.1, 0.15) is 21.6 Å². The molecule has 0 radical (unpaired) electrons. The van der Waals surface area contributed by atoms with Gasteiger partial charge in [-0.1, -0.05) is 30.3 Å². The second-order valence-corrected chi connectivity index (χ2v) is 5.40. The van der Waals surface area contributed by atoms with Gasteiger partial charge in [0.1, 0.15) is 0 Å². The van der Waals surface area contributed by atoms with Gasteiger partial charge in [-0.2, -0.15) is 0 Å². The molecule has 0 bridgehead atoms. The molecule has 0 aliphatic carbocycles. The number of fused-ring (bicyclic) bond motifs is 1. The van der Waals surface area contributed by atoms with Crippen LogP contribution in [-0.4, -0.2) is 22.8 Å². The van der Waals surface area contributed by atoms with Crippen molar-refractivity contribution in [2.24, 2.45) is 0 Å². The first-order chi connectivity index (χ1) is 10.1. The summed E-state index contributed by atoms with van der Waals surface area (Å²) in [6.45, 7) is 2.63. The van der Waals surface area contributed by atoms with Crippen LogP contribution in [-0.2, 0) is 6.54 Å². The second-order valence-electron chi connectivity index (χ2n) is 5.40. The number of hydrogen-bond acceptors (Lipinski definition) is 1. The van der Waals surface area contributed by atoms with Crippen LogP contribution in [0.25, 0.3) is 10.9 Å². The Hall–Kier alpha value is -2.55. The molecule has 0 aliphatic rings. The van der Waals surface area contributed by atoms with E-state index in [1.54, 1.807) is 4.90 Å². The minimum absolute atomic E-state index is 0.0413. The van der Waals surface area contributed by atoms with E-state index in [1.165, 1.54) is 0 Å². The predicted octanol–water partition coefficient (Wildman–Crippen LogP) is 3.75. The number of aryl methyl sites for hydroxylation is 1. The third-order valence-corrected chi connectivity index (χ3v) is 3.61. The van der Waals surface area contributed by atoms with E-state index in [0.29, 0.717) is 6.54 Å². The summed E-state index contributed by atoms with van der Waals surface area (Å²) in [4.78, 5) is 17.5. The van der Waals surface area contributed by atoms with Gasteiger partial charge in [0.15, 0.2) is 0 Å². The lowest BCUT2D eigenvalue weighted by Crippen LogP contribution is -2.26. The second kappa shape index (κ2) is 5.44. The highest BCUT2D eigenvalue weighted by Crippen LogP contribution is 2.18. The normalized spacial score (nSPS) is 10.8. The monoisotopic (exact) mass is 278 g/mol. The first-order valence-electron chi connectivity index (χ1n) is 7.02. The molecule has 1 amide bonds. The van der Waals surface area contributed by atoms with Gasteiger partial charge in [0.25, 0.3) is 5.91 Å². The third kappa shape index (κ3) is 2.82. The van der Waals surface area contributed by atoms with Gasteiger partial charge >= 0.3 is 0 Å². The van der Waals surface area contributed by atoms with Crippen LogP contribution in [0.3, 0.4) is 0 Å². The molecule has 0 aliphatic heterocycles. The SMILES string of the molecule is Cc1cc2cc(C(=O)N(C)Cc3ccccc3)ccc2[nH]1. The largest absolute Gasteiger partial charge is 0.359 e.